The minimum absolute atomic E-state index is 0.0131. The molecule has 2 heterocycles. The van der Waals surface area contributed by atoms with Crippen molar-refractivity contribution in [3.8, 4) is 11.5 Å². The summed E-state index contributed by atoms with van der Waals surface area (Å²) in [6.07, 6.45) is 6.29. The van der Waals surface area contributed by atoms with Crippen LogP contribution in [-0.2, 0) is 11.2 Å². The lowest BCUT2D eigenvalue weighted by Crippen LogP contribution is -2.19. The van der Waals surface area contributed by atoms with Crippen LogP contribution in [0.2, 0.25) is 0 Å². The van der Waals surface area contributed by atoms with Crippen LogP contribution in [0.1, 0.15) is 46.0 Å². The molecule has 31 heavy (non-hydrogen) atoms. The molecule has 0 aliphatic heterocycles. The van der Waals surface area contributed by atoms with Crippen molar-refractivity contribution in [3.63, 3.8) is 0 Å². The van der Waals surface area contributed by atoms with Crippen LogP contribution in [0.5, 0.6) is 0 Å². The number of benzene rings is 2. The molecule has 4 aromatic rings. The van der Waals surface area contributed by atoms with E-state index in [9.17, 15) is 9.59 Å². The maximum absolute atomic E-state index is 13.0. The number of carbonyl (C=O) groups excluding carboxylic acids is 2. The molecule has 6 rings (SSSR count). The number of ketones is 1. The van der Waals surface area contributed by atoms with E-state index in [1.165, 1.54) is 5.56 Å². The summed E-state index contributed by atoms with van der Waals surface area (Å²) in [6.45, 7) is 0. The van der Waals surface area contributed by atoms with Crippen molar-refractivity contribution in [1.82, 2.24) is 10.2 Å². The summed E-state index contributed by atoms with van der Waals surface area (Å²) in [5.41, 5.74) is 4.86. The highest BCUT2D eigenvalue weighted by atomic mass is 16.3. The van der Waals surface area contributed by atoms with Crippen LogP contribution < -0.4 is 5.32 Å². The smallest absolute Gasteiger partial charge is 0.232 e. The normalized spacial score (nSPS) is 17.0. The van der Waals surface area contributed by atoms with Crippen molar-refractivity contribution in [1.29, 1.82) is 0 Å². The third-order valence-corrected chi connectivity index (χ3v) is 6.10. The number of hydrogen-bond donors (Lipinski definition) is 2. The van der Waals surface area contributed by atoms with Crippen LogP contribution in [-0.4, -0.2) is 21.9 Å². The van der Waals surface area contributed by atoms with Crippen molar-refractivity contribution in [3.05, 3.63) is 77.1 Å². The summed E-state index contributed by atoms with van der Waals surface area (Å²) >= 11 is 0. The zero-order valence-corrected chi connectivity index (χ0v) is 16.6. The van der Waals surface area contributed by atoms with Gasteiger partial charge >= 0.3 is 0 Å². The van der Waals surface area contributed by atoms with Gasteiger partial charge in [-0.05, 0) is 54.3 Å². The number of anilines is 1. The van der Waals surface area contributed by atoms with E-state index < -0.39 is 5.92 Å². The molecule has 1 amide bonds. The predicted octanol–water partition coefficient (Wildman–Crippen LogP) is 5.09. The van der Waals surface area contributed by atoms with Gasteiger partial charge in [-0.2, -0.15) is 5.10 Å². The molecule has 0 bridgehead atoms. The van der Waals surface area contributed by atoms with E-state index in [4.69, 9.17) is 4.42 Å². The average Bonchev–Trinajstić information content (AvgIpc) is 3.48. The number of amides is 1. The van der Waals surface area contributed by atoms with Gasteiger partial charge in [-0.1, -0.05) is 30.3 Å². The zero-order valence-electron chi connectivity index (χ0n) is 16.6. The molecule has 2 aliphatic rings. The second kappa shape index (κ2) is 6.80. The van der Waals surface area contributed by atoms with E-state index >= 15 is 0 Å². The van der Waals surface area contributed by atoms with Gasteiger partial charge in [0.2, 0.25) is 5.91 Å². The van der Waals surface area contributed by atoms with Crippen molar-refractivity contribution in [2.75, 3.05) is 5.32 Å². The van der Waals surface area contributed by atoms with Gasteiger partial charge in [0.05, 0.1) is 11.4 Å². The molecule has 2 aromatic carbocycles. The summed E-state index contributed by atoms with van der Waals surface area (Å²) in [7, 11) is 0. The Morgan fingerprint density at radius 3 is 2.97 bits per heavy atom. The first-order valence-electron chi connectivity index (χ1n) is 10.4. The highest BCUT2D eigenvalue weighted by Crippen LogP contribution is 2.36. The molecule has 0 fully saturated rings. The maximum atomic E-state index is 13.0. The highest BCUT2D eigenvalue weighted by Gasteiger charge is 2.34. The number of carbonyl (C=O) groups is 2. The predicted molar refractivity (Wildman–Crippen MR) is 118 cm³/mol. The first-order valence-corrected chi connectivity index (χ1v) is 10.4. The first kappa shape index (κ1) is 17.9. The standard InChI is InChI=1S/C25H19N3O3/c29-21-13-18(16-6-2-3-7-17(16)21)25(30)26-15-9-10-20-19(12-15)24(28-27-20)23-11-14-5-1-4-8-22(14)31-23/h2-4,6-12,18H,1,5,13H2,(H,26,30)(H,27,28). The van der Waals surface area contributed by atoms with Gasteiger partial charge in [0.25, 0.3) is 0 Å². The Morgan fingerprint density at radius 1 is 1.16 bits per heavy atom. The maximum Gasteiger partial charge on any atom is 0.232 e. The lowest BCUT2D eigenvalue weighted by atomic mass is 10.0. The zero-order chi connectivity index (χ0) is 20.9. The monoisotopic (exact) mass is 409 g/mol. The summed E-state index contributed by atoms with van der Waals surface area (Å²) in [4.78, 5) is 25.2. The Morgan fingerprint density at radius 2 is 2.06 bits per heavy atom. The van der Waals surface area contributed by atoms with Crippen molar-refractivity contribution in [2.24, 2.45) is 0 Å². The quantitative estimate of drug-likeness (QED) is 0.493. The Balaban J connectivity index is 1.32. The van der Waals surface area contributed by atoms with E-state index in [-0.39, 0.29) is 18.1 Å². The van der Waals surface area contributed by atoms with Gasteiger partial charge in [0.1, 0.15) is 11.5 Å². The number of aryl methyl sites for hydroxylation is 1. The summed E-state index contributed by atoms with van der Waals surface area (Å²) in [5, 5.41) is 11.3. The second-order valence-electron chi connectivity index (χ2n) is 8.03. The topological polar surface area (TPSA) is 88.0 Å². The van der Waals surface area contributed by atoms with Crippen LogP contribution in [0.15, 0.2) is 59.0 Å². The van der Waals surface area contributed by atoms with Gasteiger partial charge in [0.15, 0.2) is 11.5 Å². The number of nitrogens with one attached hydrogen (secondary N) is 2. The summed E-state index contributed by atoms with van der Waals surface area (Å²) in [6, 6.07) is 15.0. The van der Waals surface area contributed by atoms with E-state index in [2.05, 4.69) is 21.6 Å². The molecular formula is C25H19N3O3. The number of aromatic amines is 1. The molecule has 0 spiro atoms. The molecule has 0 radical (unpaired) electrons. The summed E-state index contributed by atoms with van der Waals surface area (Å²) < 4.78 is 6.02. The average molecular weight is 409 g/mol. The molecule has 0 saturated carbocycles. The Hall–Kier alpha value is -3.93. The largest absolute Gasteiger partial charge is 0.455 e. The number of rotatable bonds is 3. The van der Waals surface area contributed by atoms with Gasteiger partial charge in [-0.3, -0.25) is 14.7 Å². The van der Waals surface area contributed by atoms with Gasteiger partial charge in [-0.15, -0.1) is 0 Å². The van der Waals surface area contributed by atoms with E-state index in [1.807, 2.05) is 48.5 Å². The van der Waals surface area contributed by atoms with Crippen molar-refractivity contribution < 1.29 is 14.0 Å². The van der Waals surface area contributed by atoms with Crippen LogP contribution in [0.4, 0.5) is 5.69 Å². The molecule has 152 valence electrons. The third kappa shape index (κ3) is 2.91. The number of hydrogen-bond acceptors (Lipinski definition) is 4. The number of fused-ring (bicyclic) bond motifs is 3. The molecule has 2 aliphatic carbocycles. The van der Waals surface area contributed by atoms with E-state index in [0.717, 1.165) is 40.8 Å². The fourth-order valence-corrected chi connectivity index (χ4v) is 4.53. The first-order chi connectivity index (χ1) is 15.2. The van der Waals surface area contributed by atoms with Crippen LogP contribution >= 0.6 is 0 Å². The molecule has 0 saturated heterocycles. The molecule has 1 unspecified atom stereocenters. The number of aromatic nitrogens is 2. The lowest BCUT2D eigenvalue weighted by Gasteiger charge is -2.12. The fraction of sp³-hybridized carbons (Fsp3) is 0.160. The number of H-pyrrole nitrogens is 1. The Labute approximate surface area is 178 Å². The van der Waals surface area contributed by atoms with Crippen LogP contribution in [0.25, 0.3) is 28.4 Å². The SMILES string of the molecule is O=C1CC(C(=O)Nc2ccc3[nH]nc(-c4cc5c(o4)C=CCC5)c3c2)c2ccccc21. The van der Waals surface area contributed by atoms with E-state index in [0.29, 0.717) is 17.0 Å². The lowest BCUT2D eigenvalue weighted by molar-refractivity contribution is -0.117. The molecule has 1 atom stereocenters. The minimum atomic E-state index is -0.466. The van der Waals surface area contributed by atoms with Gasteiger partial charge in [-0.25, -0.2) is 0 Å². The molecular weight excluding hydrogens is 390 g/mol. The van der Waals surface area contributed by atoms with Gasteiger partial charge in [0, 0.05) is 23.1 Å². The number of allylic oxidation sites excluding steroid dienone is 1. The van der Waals surface area contributed by atoms with Crippen LogP contribution in [0.3, 0.4) is 0 Å². The molecule has 6 heteroatoms. The highest BCUT2D eigenvalue weighted by molar-refractivity contribution is 6.09. The molecule has 2 N–H and O–H groups in total. The fourth-order valence-electron chi connectivity index (χ4n) is 4.53. The number of furan rings is 1. The second-order valence-corrected chi connectivity index (χ2v) is 8.03. The Bertz CT molecular complexity index is 1390. The van der Waals surface area contributed by atoms with Crippen molar-refractivity contribution >= 4 is 34.4 Å². The van der Waals surface area contributed by atoms with E-state index in [1.54, 1.807) is 6.07 Å². The van der Waals surface area contributed by atoms with Crippen molar-refractivity contribution in [2.45, 2.75) is 25.2 Å². The van der Waals surface area contributed by atoms with Gasteiger partial charge < -0.3 is 9.73 Å². The number of Topliss-reactive ketones (excluding diaryl/α,β-unsaturated/α-hetero) is 1. The molecule has 6 nitrogen and oxygen atoms in total. The van der Waals surface area contributed by atoms with Crippen LogP contribution in [0, 0.1) is 0 Å². The number of nitrogens with zero attached hydrogens (tertiary/aromatic N) is 1. The summed E-state index contributed by atoms with van der Waals surface area (Å²) in [5.74, 6) is 0.959. The molecule has 2 aromatic heterocycles. The third-order valence-electron chi connectivity index (χ3n) is 6.10. The Kier molecular flexibility index (Phi) is 3.93. The minimum Gasteiger partial charge on any atom is -0.455 e.